The van der Waals surface area contributed by atoms with Gasteiger partial charge in [0.05, 0.1) is 0 Å². The zero-order chi connectivity index (χ0) is 18.6. The van der Waals surface area contributed by atoms with Gasteiger partial charge in [0, 0.05) is 37.0 Å². The molecule has 1 saturated heterocycles. The van der Waals surface area contributed by atoms with Crippen LogP contribution >= 0.6 is 0 Å². The maximum atomic E-state index is 12.4. The van der Waals surface area contributed by atoms with Gasteiger partial charge < -0.3 is 14.7 Å². The van der Waals surface area contributed by atoms with Crippen molar-refractivity contribution in [1.82, 2.24) is 20.4 Å². The minimum Gasteiger partial charge on any atom is -0.357 e. The zero-order valence-corrected chi connectivity index (χ0v) is 15.2. The second kappa shape index (κ2) is 7.57. The molecule has 1 amide bonds. The van der Waals surface area contributed by atoms with Crippen molar-refractivity contribution in [2.75, 3.05) is 18.0 Å². The summed E-state index contributed by atoms with van der Waals surface area (Å²) in [5, 5.41) is 6.73. The summed E-state index contributed by atoms with van der Waals surface area (Å²) in [5.74, 6) is 1.89. The third-order valence-electron chi connectivity index (χ3n) is 4.61. The highest BCUT2D eigenvalue weighted by Crippen LogP contribution is 2.19. The second-order valence-electron chi connectivity index (χ2n) is 6.62. The average Bonchev–Trinajstić information content (AvgIpc) is 3.38. The summed E-state index contributed by atoms with van der Waals surface area (Å²) in [4.78, 5) is 23.3. The summed E-state index contributed by atoms with van der Waals surface area (Å²) in [5.41, 5.74) is 2.42. The highest BCUT2D eigenvalue weighted by atomic mass is 16.5. The van der Waals surface area contributed by atoms with Crippen LogP contribution in [0.1, 0.15) is 34.6 Å². The van der Waals surface area contributed by atoms with E-state index in [4.69, 9.17) is 4.52 Å². The lowest BCUT2D eigenvalue weighted by atomic mass is 10.1. The normalized spacial score (nSPS) is 13.7. The van der Waals surface area contributed by atoms with E-state index in [9.17, 15) is 4.79 Å². The minimum absolute atomic E-state index is 0.122. The lowest BCUT2D eigenvalue weighted by Gasteiger charge is -2.17. The number of hydrogen-bond donors (Lipinski definition) is 1. The smallest absolute Gasteiger partial charge is 0.257 e. The maximum absolute atomic E-state index is 12.4. The van der Waals surface area contributed by atoms with Crippen molar-refractivity contribution in [3.8, 4) is 11.5 Å². The van der Waals surface area contributed by atoms with E-state index in [1.807, 2.05) is 12.1 Å². The molecule has 1 fully saturated rings. The fraction of sp³-hybridized carbons (Fsp3) is 0.300. The van der Waals surface area contributed by atoms with Gasteiger partial charge in [0.1, 0.15) is 5.82 Å². The Morgan fingerprint density at radius 2 is 1.96 bits per heavy atom. The van der Waals surface area contributed by atoms with Crippen molar-refractivity contribution in [2.24, 2.45) is 0 Å². The average molecular weight is 363 g/mol. The van der Waals surface area contributed by atoms with Crippen LogP contribution < -0.4 is 10.2 Å². The van der Waals surface area contributed by atoms with Gasteiger partial charge in [-0.05, 0) is 61.7 Å². The number of carbonyl (C=O) groups excluding carboxylic acids is 1. The molecule has 138 valence electrons. The van der Waals surface area contributed by atoms with E-state index in [1.165, 1.54) is 12.8 Å². The molecule has 0 aliphatic carbocycles. The summed E-state index contributed by atoms with van der Waals surface area (Å²) < 4.78 is 5.14. The number of nitrogens with zero attached hydrogens (tertiary/aromatic N) is 4. The number of aryl methyl sites for hydroxylation is 1. The van der Waals surface area contributed by atoms with Crippen LogP contribution in [0.15, 0.2) is 47.1 Å². The monoisotopic (exact) mass is 363 g/mol. The number of pyridine rings is 1. The van der Waals surface area contributed by atoms with Crippen molar-refractivity contribution >= 4 is 11.7 Å². The summed E-state index contributed by atoms with van der Waals surface area (Å²) in [7, 11) is 0. The molecule has 0 saturated carbocycles. The minimum atomic E-state index is -0.122. The molecule has 1 aliphatic heterocycles. The lowest BCUT2D eigenvalue weighted by Crippen LogP contribution is -2.23. The molecule has 1 aliphatic rings. The Bertz CT molecular complexity index is 930. The highest BCUT2D eigenvalue weighted by Gasteiger charge is 2.14. The molecular weight excluding hydrogens is 342 g/mol. The Hall–Kier alpha value is -3.22. The Labute approximate surface area is 157 Å². The summed E-state index contributed by atoms with van der Waals surface area (Å²) in [6.07, 6.45) is 4.22. The van der Waals surface area contributed by atoms with Gasteiger partial charge in [0.2, 0.25) is 0 Å². The van der Waals surface area contributed by atoms with Crippen molar-refractivity contribution in [3.05, 3.63) is 59.5 Å². The summed E-state index contributed by atoms with van der Waals surface area (Å²) >= 11 is 0. The molecule has 1 N–H and O–H groups in total. The van der Waals surface area contributed by atoms with Gasteiger partial charge in [0.25, 0.3) is 11.8 Å². The second-order valence-corrected chi connectivity index (χ2v) is 6.62. The molecular formula is C20H21N5O2. The van der Waals surface area contributed by atoms with Crippen LogP contribution in [0.5, 0.6) is 0 Å². The van der Waals surface area contributed by atoms with Crippen LogP contribution in [0.25, 0.3) is 11.5 Å². The van der Waals surface area contributed by atoms with Gasteiger partial charge in [-0.1, -0.05) is 5.16 Å². The molecule has 1 aromatic carbocycles. The summed E-state index contributed by atoms with van der Waals surface area (Å²) in [6, 6.07) is 11.1. The lowest BCUT2D eigenvalue weighted by molar-refractivity contribution is 0.0951. The number of aromatic nitrogens is 3. The van der Waals surface area contributed by atoms with Crippen molar-refractivity contribution in [3.63, 3.8) is 0 Å². The van der Waals surface area contributed by atoms with Crippen LogP contribution in [0.3, 0.4) is 0 Å². The molecule has 3 heterocycles. The molecule has 2 aromatic heterocycles. The van der Waals surface area contributed by atoms with E-state index in [-0.39, 0.29) is 5.91 Å². The Kier molecular flexibility index (Phi) is 4.82. The molecule has 0 atom stereocenters. The first-order chi connectivity index (χ1) is 13.2. The van der Waals surface area contributed by atoms with Crippen molar-refractivity contribution in [1.29, 1.82) is 0 Å². The number of carbonyl (C=O) groups is 1. The summed E-state index contributed by atoms with van der Waals surface area (Å²) in [6.45, 7) is 4.33. The number of anilines is 1. The predicted octanol–water partition coefficient (Wildman–Crippen LogP) is 2.97. The van der Waals surface area contributed by atoms with Crippen LogP contribution in [0.2, 0.25) is 0 Å². The first kappa shape index (κ1) is 17.2. The maximum Gasteiger partial charge on any atom is 0.257 e. The Morgan fingerprint density at radius 3 is 2.67 bits per heavy atom. The van der Waals surface area contributed by atoms with E-state index in [2.05, 4.69) is 25.3 Å². The van der Waals surface area contributed by atoms with Crippen LogP contribution in [-0.4, -0.2) is 34.1 Å². The molecule has 7 nitrogen and oxygen atoms in total. The molecule has 0 bridgehead atoms. The van der Waals surface area contributed by atoms with Gasteiger partial charge in [-0.15, -0.1) is 0 Å². The van der Waals surface area contributed by atoms with Gasteiger partial charge in [-0.25, -0.2) is 4.98 Å². The Morgan fingerprint density at radius 1 is 1.19 bits per heavy atom. The van der Waals surface area contributed by atoms with Gasteiger partial charge in [-0.2, -0.15) is 4.98 Å². The molecule has 0 radical (unpaired) electrons. The Balaban J connectivity index is 1.38. The van der Waals surface area contributed by atoms with Crippen LogP contribution in [0.4, 0.5) is 5.82 Å². The topological polar surface area (TPSA) is 84.2 Å². The molecule has 0 spiro atoms. The quantitative estimate of drug-likeness (QED) is 0.750. The van der Waals surface area contributed by atoms with E-state index >= 15 is 0 Å². The van der Waals surface area contributed by atoms with Gasteiger partial charge in [-0.3, -0.25) is 4.79 Å². The van der Waals surface area contributed by atoms with E-state index in [0.29, 0.717) is 23.8 Å². The predicted molar refractivity (Wildman–Crippen MR) is 101 cm³/mol. The zero-order valence-electron chi connectivity index (χ0n) is 15.2. The number of nitrogens with one attached hydrogen (secondary N) is 1. The third-order valence-corrected chi connectivity index (χ3v) is 4.61. The number of amides is 1. The standard InChI is InChI=1S/C20H21N5O2/c1-14-23-20(27-24-14)17-6-4-16(5-7-17)19(26)22-13-15-8-9-21-18(12-15)25-10-2-3-11-25/h4-9,12H,2-3,10-11,13H2,1H3,(H,22,26). The fourth-order valence-electron chi connectivity index (χ4n) is 3.15. The van der Waals surface area contributed by atoms with Crippen molar-refractivity contribution < 1.29 is 9.32 Å². The fourth-order valence-corrected chi connectivity index (χ4v) is 3.15. The molecule has 3 aromatic rings. The molecule has 27 heavy (non-hydrogen) atoms. The third kappa shape index (κ3) is 3.97. The first-order valence-corrected chi connectivity index (χ1v) is 9.08. The number of hydrogen-bond acceptors (Lipinski definition) is 6. The number of benzene rings is 1. The van der Waals surface area contributed by atoms with Gasteiger partial charge in [0.15, 0.2) is 5.82 Å². The molecule has 4 rings (SSSR count). The van der Waals surface area contributed by atoms with Crippen LogP contribution in [-0.2, 0) is 6.54 Å². The largest absolute Gasteiger partial charge is 0.357 e. The first-order valence-electron chi connectivity index (χ1n) is 9.08. The van der Waals surface area contributed by atoms with E-state index in [0.717, 1.165) is 30.0 Å². The van der Waals surface area contributed by atoms with Crippen LogP contribution in [0, 0.1) is 6.92 Å². The van der Waals surface area contributed by atoms with Gasteiger partial charge >= 0.3 is 0 Å². The SMILES string of the molecule is Cc1noc(-c2ccc(C(=O)NCc3ccnc(N4CCCC4)c3)cc2)n1. The molecule has 0 unspecified atom stereocenters. The number of rotatable bonds is 5. The van der Waals surface area contributed by atoms with Crippen molar-refractivity contribution in [2.45, 2.75) is 26.3 Å². The van der Waals surface area contributed by atoms with E-state index in [1.54, 1.807) is 37.4 Å². The highest BCUT2D eigenvalue weighted by molar-refractivity contribution is 5.94. The van der Waals surface area contributed by atoms with E-state index < -0.39 is 0 Å². The molecule has 7 heteroatoms.